The fourth-order valence-corrected chi connectivity index (χ4v) is 2.50. The number of nitrogens with one attached hydrogen (secondary N) is 2. The molecule has 5 nitrogen and oxygen atoms in total. The highest BCUT2D eigenvalue weighted by Gasteiger charge is 2.22. The summed E-state index contributed by atoms with van der Waals surface area (Å²) in [5.74, 6) is -1.34. The minimum absolute atomic E-state index is 0.117. The molecule has 23 heavy (non-hydrogen) atoms. The van der Waals surface area contributed by atoms with Crippen LogP contribution in [-0.2, 0) is 9.59 Å². The Balaban J connectivity index is 3.47. The summed E-state index contributed by atoms with van der Waals surface area (Å²) < 4.78 is 0. The van der Waals surface area contributed by atoms with Gasteiger partial charge < -0.3 is 15.7 Å². The summed E-state index contributed by atoms with van der Waals surface area (Å²) in [6.07, 6.45) is 11.5. The van der Waals surface area contributed by atoms with Crippen molar-refractivity contribution < 1.29 is 14.7 Å². The summed E-state index contributed by atoms with van der Waals surface area (Å²) >= 11 is 0. The van der Waals surface area contributed by atoms with Crippen molar-refractivity contribution in [3.63, 3.8) is 0 Å². The number of rotatable bonds is 15. The zero-order valence-electron chi connectivity index (χ0n) is 15.2. The van der Waals surface area contributed by atoms with Gasteiger partial charge in [0, 0.05) is 0 Å². The minimum atomic E-state index is -0.979. The average molecular weight is 328 g/mol. The van der Waals surface area contributed by atoms with Gasteiger partial charge in [-0.2, -0.15) is 0 Å². The van der Waals surface area contributed by atoms with E-state index in [2.05, 4.69) is 17.6 Å². The van der Waals surface area contributed by atoms with Crippen LogP contribution in [0.2, 0.25) is 0 Å². The fourth-order valence-electron chi connectivity index (χ4n) is 2.50. The largest absolute Gasteiger partial charge is 0.480 e. The molecule has 0 heterocycles. The zero-order valence-corrected chi connectivity index (χ0v) is 15.2. The molecule has 0 aliphatic carbocycles. The van der Waals surface area contributed by atoms with Gasteiger partial charge in [-0.1, -0.05) is 72.1 Å². The van der Waals surface area contributed by atoms with Crippen LogP contribution in [0.3, 0.4) is 0 Å². The van der Waals surface area contributed by atoms with E-state index in [9.17, 15) is 9.59 Å². The predicted octanol–water partition coefficient (Wildman–Crippen LogP) is 3.33. The molecule has 0 aliphatic heterocycles. The van der Waals surface area contributed by atoms with Crippen molar-refractivity contribution in [2.24, 2.45) is 5.92 Å². The van der Waals surface area contributed by atoms with Crippen molar-refractivity contribution in [1.29, 1.82) is 0 Å². The SMILES string of the molecule is CCCCCCCCCCCNCC(=O)N[C@H](C(=O)O)C(C)C. The Hall–Kier alpha value is -1.10. The van der Waals surface area contributed by atoms with Gasteiger partial charge in [0.05, 0.1) is 6.54 Å². The first-order chi connectivity index (χ1) is 11.0. The Labute approximate surface area is 141 Å². The number of aliphatic carboxylic acids is 1. The Bertz CT molecular complexity index is 319. The van der Waals surface area contributed by atoms with Gasteiger partial charge in [-0.15, -0.1) is 0 Å². The van der Waals surface area contributed by atoms with Crippen LogP contribution < -0.4 is 10.6 Å². The smallest absolute Gasteiger partial charge is 0.326 e. The second kappa shape index (κ2) is 14.5. The topological polar surface area (TPSA) is 78.4 Å². The third kappa shape index (κ3) is 13.1. The molecule has 5 heteroatoms. The lowest BCUT2D eigenvalue weighted by atomic mass is 10.1. The van der Waals surface area contributed by atoms with Crippen LogP contribution in [0.25, 0.3) is 0 Å². The highest BCUT2D eigenvalue weighted by Crippen LogP contribution is 2.09. The molecule has 0 bridgehead atoms. The summed E-state index contributed by atoms with van der Waals surface area (Å²) in [5.41, 5.74) is 0. The van der Waals surface area contributed by atoms with Crippen LogP contribution in [0.4, 0.5) is 0 Å². The van der Waals surface area contributed by atoms with Crippen LogP contribution in [0, 0.1) is 5.92 Å². The quantitative estimate of drug-likeness (QED) is 0.403. The third-order valence-corrected chi connectivity index (χ3v) is 3.99. The average Bonchev–Trinajstić information content (AvgIpc) is 2.49. The van der Waals surface area contributed by atoms with E-state index in [1.807, 2.05) is 0 Å². The number of carbonyl (C=O) groups is 2. The molecule has 0 aromatic rings. The van der Waals surface area contributed by atoms with E-state index in [1.165, 1.54) is 51.4 Å². The molecule has 0 rings (SSSR count). The van der Waals surface area contributed by atoms with Crippen molar-refractivity contribution in [3.8, 4) is 0 Å². The molecule has 1 atom stereocenters. The summed E-state index contributed by atoms with van der Waals surface area (Å²) in [6.45, 7) is 6.80. The first kappa shape index (κ1) is 21.9. The number of carbonyl (C=O) groups excluding carboxylic acids is 1. The molecule has 136 valence electrons. The Morgan fingerprint density at radius 2 is 1.43 bits per heavy atom. The van der Waals surface area contributed by atoms with Crippen molar-refractivity contribution in [1.82, 2.24) is 10.6 Å². The van der Waals surface area contributed by atoms with Gasteiger partial charge in [-0.05, 0) is 18.9 Å². The highest BCUT2D eigenvalue weighted by atomic mass is 16.4. The van der Waals surface area contributed by atoms with Crippen molar-refractivity contribution in [2.45, 2.75) is 84.6 Å². The predicted molar refractivity (Wildman–Crippen MR) is 94.5 cm³/mol. The second-order valence-electron chi connectivity index (χ2n) is 6.63. The molecule has 0 fully saturated rings. The molecule has 0 saturated carbocycles. The van der Waals surface area contributed by atoms with Gasteiger partial charge >= 0.3 is 5.97 Å². The number of hydrogen-bond acceptors (Lipinski definition) is 3. The maximum Gasteiger partial charge on any atom is 0.326 e. The molecule has 0 saturated heterocycles. The monoisotopic (exact) mass is 328 g/mol. The van der Waals surface area contributed by atoms with Gasteiger partial charge in [0.1, 0.15) is 6.04 Å². The summed E-state index contributed by atoms with van der Waals surface area (Å²) in [4.78, 5) is 22.7. The number of amides is 1. The number of hydrogen-bond donors (Lipinski definition) is 3. The number of carboxylic acid groups (broad SMARTS) is 1. The molecule has 1 amide bonds. The first-order valence-electron chi connectivity index (χ1n) is 9.22. The Morgan fingerprint density at radius 3 is 1.91 bits per heavy atom. The van der Waals surface area contributed by atoms with Gasteiger partial charge in [0.2, 0.25) is 5.91 Å². The van der Waals surface area contributed by atoms with Crippen LogP contribution in [0.15, 0.2) is 0 Å². The molecule has 0 aliphatic rings. The number of unbranched alkanes of at least 4 members (excludes halogenated alkanes) is 8. The van der Waals surface area contributed by atoms with Crippen molar-refractivity contribution in [3.05, 3.63) is 0 Å². The van der Waals surface area contributed by atoms with E-state index < -0.39 is 12.0 Å². The molecule has 0 aromatic heterocycles. The molecule has 0 unspecified atom stereocenters. The molecular formula is C18H36N2O3. The van der Waals surface area contributed by atoms with Gasteiger partial charge in [-0.25, -0.2) is 4.79 Å². The second-order valence-corrected chi connectivity index (χ2v) is 6.63. The van der Waals surface area contributed by atoms with Crippen LogP contribution in [-0.4, -0.2) is 36.1 Å². The van der Waals surface area contributed by atoms with Crippen molar-refractivity contribution in [2.75, 3.05) is 13.1 Å². The number of carboxylic acids is 1. The van der Waals surface area contributed by atoms with Gasteiger partial charge in [0.15, 0.2) is 0 Å². The summed E-state index contributed by atoms with van der Waals surface area (Å²) in [5, 5.41) is 14.7. The van der Waals surface area contributed by atoms with E-state index in [0.717, 1.165) is 13.0 Å². The molecule has 0 spiro atoms. The van der Waals surface area contributed by atoms with E-state index in [4.69, 9.17) is 5.11 Å². The lowest BCUT2D eigenvalue weighted by molar-refractivity contribution is -0.142. The van der Waals surface area contributed by atoms with E-state index in [1.54, 1.807) is 13.8 Å². The first-order valence-corrected chi connectivity index (χ1v) is 9.22. The molecule has 3 N–H and O–H groups in total. The zero-order chi connectivity index (χ0) is 17.5. The lowest BCUT2D eigenvalue weighted by Crippen LogP contribution is -2.47. The highest BCUT2D eigenvalue weighted by molar-refractivity contribution is 5.84. The maximum atomic E-state index is 11.7. The third-order valence-electron chi connectivity index (χ3n) is 3.99. The lowest BCUT2D eigenvalue weighted by Gasteiger charge is -2.18. The standard InChI is InChI=1S/C18H36N2O3/c1-4-5-6-7-8-9-10-11-12-13-19-14-16(21)20-17(15(2)3)18(22)23/h15,17,19H,4-14H2,1-3H3,(H,20,21)(H,22,23)/t17-/m0/s1. The van der Waals surface area contributed by atoms with E-state index >= 15 is 0 Å². The van der Waals surface area contributed by atoms with E-state index in [0.29, 0.717) is 0 Å². The Kier molecular flexibility index (Phi) is 13.8. The van der Waals surface area contributed by atoms with Crippen LogP contribution >= 0.6 is 0 Å². The molecule has 0 radical (unpaired) electrons. The molecular weight excluding hydrogens is 292 g/mol. The Morgan fingerprint density at radius 1 is 0.913 bits per heavy atom. The van der Waals surface area contributed by atoms with Crippen molar-refractivity contribution >= 4 is 11.9 Å². The van der Waals surface area contributed by atoms with Crippen LogP contribution in [0.1, 0.15) is 78.6 Å². The van der Waals surface area contributed by atoms with Crippen LogP contribution in [0.5, 0.6) is 0 Å². The fraction of sp³-hybridized carbons (Fsp3) is 0.889. The van der Waals surface area contributed by atoms with Gasteiger partial charge in [0.25, 0.3) is 0 Å². The van der Waals surface area contributed by atoms with E-state index in [-0.39, 0.29) is 18.4 Å². The maximum absolute atomic E-state index is 11.7. The molecule has 0 aromatic carbocycles. The summed E-state index contributed by atoms with van der Waals surface area (Å²) in [6, 6.07) is -0.808. The summed E-state index contributed by atoms with van der Waals surface area (Å²) in [7, 11) is 0. The normalized spacial score (nSPS) is 12.3. The van der Waals surface area contributed by atoms with Gasteiger partial charge in [-0.3, -0.25) is 4.79 Å². The minimum Gasteiger partial charge on any atom is -0.480 e.